The standard InChI is InChI=1S/C20H26O6/c1-11-4-6-20(3)14(17(23)24)9-13(21)10-15(20)19(11,2)7-5-12-8-16(22)26-18(12)25/h8-9,11,15,18,25H,4-7,10H2,1-3H3,(H,23,24)/t11-,15-,18?,19+,20+/m1/s1. The van der Waals surface area contributed by atoms with E-state index in [4.69, 9.17) is 4.74 Å². The molecular formula is C20H26O6. The summed E-state index contributed by atoms with van der Waals surface area (Å²) in [4.78, 5) is 35.4. The molecule has 0 bridgehead atoms. The fraction of sp³-hybridized carbons (Fsp3) is 0.650. The number of allylic oxidation sites excluding steroid dienone is 1. The van der Waals surface area contributed by atoms with E-state index in [0.717, 1.165) is 12.8 Å². The van der Waals surface area contributed by atoms with Crippen molar-refractivity contribution in [3.8, 4) is 0 Å². The molecule has 2 aliphatic carbocycles. The number of carbonyl (C=O) groups excluding carboxylic acids is 2. The minimum atomic E-state index is -1.20. The van der Waals surface area contributed by atoms with Crippen LogP contribution in [0.1, 0.15) is 52.9 Å². The van der Waals surface area contributed by atoms with Crippen molar-refractivity contribution in [2.45, 2.75) is 59.2 Å². The maximum atomic E-state index is 12.3. The van der Waals surface area contributed by atoms with Gasteiger partial charge in [0.05, 0.1) is 0 Å². The Morgan fingerprint density at radius 3 is 2.58 bits per heavy atom. The molecule has 1 fully saturated rings. The summed E-state index contributed by atoms with van der Waals surface area (Å²) < 4.78 is 4.75. The molecule has 0 aromatic carbocycles. The van der Waals surface area contributed by atoms with Gasteiger partial charge in [-0.2, -0.15) is 0 Å². The summed E-state index contributed by atoms with van der Waals surface area (Å²) >= 11 is 0. The summed E-state index contributed by atoms with van der Waals surface area (Å²) in [7, 11) is 0. The second-order valence-corrected chi connectivity index (χ2v) is 8.46. The lowest BCUT2D eigenvalue weighted by Gasteiger charge is -2.57. The average molecular weight is 362 g/mol. The minimum Gasteiger partial charge on any atom is -0.478 e. The molecular weight excluding hydrogens is 336 g/mol. The van der Waals surface area contributed by atoms with E-state index in [2.05, 4.69) is 13.8 Å². The highest BCUT2D eigenvalue weighted by molar-refractivity contribution is 6.01. The molecule has 1 aliphatic heterocycles. The van der Waals surface area contributed by atoms with Crippen molar-refractivity contribution in [3.05, 3.63) is 23.3 Å². The van der Waals surface area contributed by atoms with Crippen LogP contribution in [0, 0.1) is 22.7 Å². The van der Waals surface area contributed by atoms with Crippen LogP contribution in [0.5, 0.6) is 0 Å². The highest BCUT2D eigenvalue weighted by Gasteiger charge is 2.56. The van der Waals surface area contributed by atoms with Crippen LogP contribution in [-0.2, 0) is 19.1 Å². The molecule has 142 valence electrons. The van der Waals surface area contributed by atoms with Crippen molar-refractivity contribution in [3.63, 3.8) is 0 Å². The van der Waals surface area contributed by atoms with Crippen LogP contribution >= 0.6 is 0 Å². The number of aliphatic hydroxyl groups excluding tert-OH is 1. The summed E-state index contributed by atoms with van der Waals surface area (Å²) in [6, 6.07) is 0. The molecule has 26 heavy (non-hydrogen) atoms. The number of ether oxygens (including phenoxy) is 1. The highest BCUT2D eigenvalue weighted by atomic mass is 16.6. The van der Waals surface area contributed by atoms with Crippen LogP contribution in [0.2, 0.25) is 0 Å². The fourth-order valence-electron chi connectivity index (χ4n) is 5.24. The van der Waals surface area contributed by atoms with E-state index in [1.165, 1.54) is 12.2 Å². The van der Waals surface area contributed by atoms with Gasteiger partial charge in [-0.15, -0.1) is 0 Å². The van der Waals surface area contributed by atoms with Gasteiger partial charge in [-0.05, 0) is 49.0 Å². The summed E-state index contributed by atoms with van der Waals surface area (Å²) in [5, 5.41) is 19.5. The second kappa shape index (κ2) is 6.34. The van der Waals surface area contributed by atoms with Crippen molar-refractivity contribution >= 4 is 17.7 Å². The number of aliphatic carboxylic acids is 1. The smallest absolute Gasteiger partial charge is 0.333 e. The van der Waals surface area contributed by atoms with Gasteiger partial charge in [0.15, 0.2) is 5.78 Å². The summed E-state index contributed by atoms with van der Waals surface area (Å²) in [6.07, 6.45) is 4.55. The lowest BCUT2D eigenvalue weighted by atomic mass is 9.46. The number of cyclic esters (lactones) is 1. The maximum absolute atomic E-state index is 12.3. The molecule has 5 atom stereocenters. The number of carbonyl (C=O) groups is 3. The van der Waals surface area contributed by atoms with Gasteiger partial charge in [0.25, 0.3) is 0 Å². The van der Waals surface area contributed by atoms with Gasteiger partial charge >= 0.3 is 11.9 Å². The van der Waals surface area contributed by atoms with E-state index in [1.807, 2.05) is 6.92 Å². The average Bonchev–Trinajstić information content (AvgIpc) is 2.88. The number of ketones is 1. The van der Waals surface area contributed by atoms with E-state index in [-0.39, 0.29) is 22.7 Å². The van der Waals surface area contributed by atoms with Crippen LogP contribution < -0.4 is 0 Å². The number of hydrogen-bond acceptors (Lipinski definition) is 5. The first-order valence-electron chi connectivity index (χ1n) is 9.15. The molecule has 0 saturated heterocycles. The van der Waals surface area contributed by atoms with Gasteiger partial charge in [-0.3, -0.25) is 4.79 Å². The van der Waals surface area contributed by atoms with Crippen molar-refractivity contribution in [2.75, 3.05) is 0 Å². The number of aliphatic hydroxyl groups is 1. The lowest BCUT2D eigenvalue weighted by molar-refractivity contribution is -0.151. The normalized spacial score (nSPS) is 39.8. The molecule has 0 spiro atoms. The van der Waals surface area contributed by atoms with Gasteiger partial charge in [-0.1, -0.05) is 20.8 Å². The summed E-state index contributed by atoms with van der Waals surface area (Å²) in [5.41, 5.74) is -0.0536. The first kappa shape index (κ1) is 18.8. The third-order valence-electron chi connectivity index (χ3n) is 7.14. The molecule has 1 unspecified atom stereocenters. The fourth-order valence-corrected chi connectivity index (χ4v) is 5.24. The van der Waals surface area contributed by atoms with E-state index < -0.39 is 23.6 Å². The Hall–Kier alpha value is -1.95. The predicted octanol–water partition coefficient (Wildman–Crippen LogP) is 2.61. The third kappa shape index (κ3) is 2.90. The highest BCUT2D eigenvalue weighted by Crippen LogP contribution is 2.61. The van der Waals surface area contributed by atoms with Crippen LogP contribution in [0.4, 0.5) is 0 Å². The van der Waals surface area contributed by atoms with Crippen LogP contribution in [0.25, 0.3) is 0 Å². The molecule has 0 amide bonds. The number of rotatable bonds is 4. The van der Waals surface area contributed by atoms with E-state index >= 15 is 0 Å². The molecule has 2 N–H and O–H groups in total. The zero-order valence-electron chi connectivity index (χ0n) is 15.4. The van der Waals surface area contributed by atoms with E-state index in [1.54, 1.807) is 0 Å². The largest absolute Gasteiger partial charge is 0.478 e. The maximum Gasteiger partial charge on any atom is 0.333 e. The number of fused-ring (bicyclic) bond motifs is 1. The van der Waals surface area contributed by atoms with Crippen molar-refractivity contribution in [2.24, 2.45) is 22.7 Å². The predicted molar refractivity (Wildman–Crippen MR) is 92.9 cm³/mol. The number of carboxylic acid groups (broad SMARTS) is 1. The van der Waals surface area contributed by atoms with Crippen molar-refractivity contribution in [1.82, 2.24) is 0 Å². The zero-order chi connectivity index (χ0) is 19.3. The molecule has 3 rings (SSSR count). The van der Waals surface area contributed by atoms with Gasteiger partial charge in [-0.25, -0.2) is 9.59 Å². The van der Waals surface area contributed by atoms with Crippen molar-refractivity contribution in [1.29, 1.82) is 0 Å². The Labute approximate surface area is 152 Å². The molecule has 1 saturated carbocycles. The molecule has 0 radical (unpaired) electrons. The van der Waals surface area contributed by atoms with Gasteiger partial charge in [0, 0.05) is 29.1 Å². The molecule has 1 heterocycles. The van der Waals surface area contributed by atoms with Gasteiger partial charge < -0.3 is 14.9 Å². The zero-order valence-corrected chi connectivity index (χ0v) is 15.4. The second-order valence-electron chi connectivity index (χ2n) is 8.46. The number of carboxylic acids is 1. The molecule has 0 aromatic heterocycles. The summed E-state index contributed by atoms with van der Waals surface area (Å²) in [5.74, 6) is -1.47. The lowest BCUT2D eigenvalue weighted by Crippen LogP contribution is -2.52. The summed E-state index contributed by atoms with van der Waals surface area (Å²) in [6.45, 7) is 6.22. The van der Waals surface area contributed by atoms with Crippen LogP contribution in [0.3, 0.4) is 0 Å². The number of hydrogen-bond donors (Lipinski definition) is 2. The monoisotopic (exact) mass is 362 g/mol. The van der Waals surface area contributed by atoms with Crippen LogP contribution in [0.15, 0.2) is 23.3 Å². The van der Waals surface area contributed by atoms with E-state index in [0.29, 0.717) is 30.8 Å². The first-order chi connectivity index (χ1) is 12.1. The molecule has 0 aromatic rings. The van der Waals surface area contributed by atoms with Gasteiger partial charge in [0.1, 0.15) is 0 Å². The topological polar surface area (TPSA) is 101 Å². The quantitative estimate of drug-likeness (QED) is 0.746. The Kier molecular flexibility index (Phi) is 4.59. The Balaban J connectivity index is 1.91. The van der Waals surface area contributed by atoms with Gasteiger partial charge in [0.2, 0.25) is 6.29 Å². The molecule has 6 nitrogen and oxygen atoms in total. The third-order valence-corrected chi connectivity index (χ3v) is 7.14. The van der Waals surface area contributed by atoms with Crippen LogP contribution in [-0.4, -0.2) is 34.2 Å². The Morgan fingerprint density at radius 2 is 2.00 bits per heavy atom. The number of esters is 1. The van der Waals surface area contributed by atoms with Crippen molar-refractivity contribution < 1.29 is 29.3 Å². The first-order valence-corrected chi connectivity index (χ1v) is 9.15. The Bertz CT molecular complexity index is 720. The molecule has 6 heteroatoms. The van der Waals surface area contributed by atoms with E-state index in [9.17, 15) is 24.6 Å². The minimum absolute atomic E-state index is 0.0851. The Morgan fingerprint density at radius 1 is 1.31 bits per heavy atom. The molecule has 3 aliphatic rings. The SMILES string of the molecule is C[C@@H]1CC[C@@]2(C)C(C(=O)O)=CC(=O)C[C@@H]2[C@@]1(C)CCC1=CC(=O)OC1O.